The summed E-state index contributed by atoms with van der Waals surface area (Å²) < 4.78 is 2.00. The van der Waals surface area contributed by atoms with Crippen LogP contribution >= 0.6 is 0 Å². The van der Waals surface area contributed by atoms with E-state index in [1.54, 1.807) is 4.90 Å². The van der Waals surface area contributed by atoms with Crippen molar-refractivity contribution in [1.82, 2.24) is 29.8 Å². The highest BCUT2D eigenvalue weighted by atomic mass is 16.2. The molecule has 150 valence electrons. The maximum absolute atomic E-state index is 12.9. The SMILES string of the molecule is Cc1cn2cc(C3N=C4C=CC(N5CCNC(C)C5)=CN4C(=O)N3)cc(C)c2n1. The summed E-state index contributed by atoms with van der Waals surface area (Å²) in [7, 11) is 0. The van der Waals surface area contributed by atoms with Gasteiger partial charge in [-0.1, -0.05) is 0 Å². The molecule has 29 heavy (non-hydrogen) atoms. The van der Waals surface area contributed by atoms with Crippen molar-refractivity contribution in [3.05, 3.63) is 59.3 Å². The zero-order valence-electron chi connectivity index (χ0n) is 16.9. The van der Waals surface area contributed by atoms with Crippen LogP contribution in [0.1, 0.15) is 29.9 Å². The molecule has 1 fully saturated rings. The number of rotatable bonds is 2. The maximum Gasteiger partial charge on any atom is 0.329 e. The molecule has 0 aromatic carbocycles. The standard InChI is InChI=1S/C21H25N7O/c1-13-8-16(11-27-10-15(3)23-20(13)27)19-24-18-5-4-17(12-28(18)21(29)25-19)26-7-6-22-14(2)9-26/h4-5,8,10-12,14,19,22H,6-7,9H2,1-3H3,(H,25,29). The predicted molar refractivity (Wildman–Crippen MR) is 111 cm³/mol. The summed E-state index contributed by atoms with van der Waals surface area (Å²) in [5.41, 5.74) is 4.93. The number of urea groups is 1. The Morgan fingerprint density at radius 2 is 2.07 bits per heavy atom. The Balaban J connectivity index is 1.44. The molecule has 5 rings (SSSR count). The van der Waals surface area contributed by atoms with Gasteiger partial charge in [0.2, 0.25) is 0 Å². The number of aryl methyl sites for hydroxylation is 2. The number of carbonyl (C=O) groups is 1. The number of amides is 2. The summed E-state index contributed by atoms with van der Waals surface area (Å²) in [6.45, 7) is 8.96. The van der Waals surface area contributed by atoms with Gasteiger partial charge in [-0.25, -0.2) is 14.8 Å². The summed E-state index contributed by atoms with van der Waals surface area (Å²) in [6.07, 6.45) is 9.43. The highest BCUT2D eigenvalue weighted by Crippen LogP contribution is 2.25. The number of aliphatic imine (C=N–C) groups is 1. The van der Waals surface area contributed by atoms with Gasteiger partial charge in [-0.15, -0.1) is 0 Å². The van der Waals surface area contributed by atoms with Gasteiger partial charge in [0, 0.05) is 49.8 Å². The monoisotopic (exact) mass is 391 g/mol. The maximum atomic E-state index is 12.9. The fraction of sp³-hybridized carbons (Fsp3) is 0.381. The quantitative estimate of drug-likeness (QED) is 0.822. The van der Waals surface area contributed by atoms with Crippen LogP contribution in [0, 0.1) is 13.8 Å². The van der Waals surface area contributed by atoms with Gasteiger partial charge in [-0.05, 0) is 44.6 Å². The summed E-state index contributed by atoms with van der Waals surface area (Å²) in [5, 5.41) is 6.46. The van der Waals surface area contributed by atoms with E-state index in [0.29, 0.717) is 11.9 Å². The normalized spacial score (nSPS) is 24.3. The summed E-state index contributed by atoms with van der Waals surface area (Å²) >= 11 is 0. The molecular weight excluding hydrogens is 366 g/mol. The molecule has 1 saturated heterocycles. The van der Waals surface area contributed by atoms with Gasteiger partial charge in [0.05, 0.1) is 11.4 Å². The second kappa shape index (κ2) is 6.73. The van der Waals surface area contributed by atoms with Crippen LogP contribution in [-0.2, 0) is 0 Å². The van der Waals surface area contributed by atoms with Crippen molar-refractivity contribution in [2.75, 3.05) is 19.6 Å². The van der Waals surface area contributed by atoms with Gasteiger partial charge < -0.3 is 19.9 Å². The summed E-state index contributed by atoms with van der Waals surface area (Å²) in [5.74, 6) is 0.658. The molecule has 8 nitrogen and oxygen atoms in total. The molecule has 0 saturated carbocycles. The predicted octanol–water partition coefficient (Wildman–Crippen LogP) is 2.08. The molecule has 8 heteroatoms. The zero-order valence-corrected chi connectivity index (χ0v) is 16.9. The van der Waals surface area contributed by atoms with Gasteiger partial charge in [-0.2, -0.15) is 0 Å². The Bertz CT molecular complexity index is 1080. The number of hydrogen-bond acceptors (Lipinski definition) is 5. The van der Waals surface area contributed by atoms with Crippen LogP contribution in [0.4, 0.5) is 4.79 Å². The van der Waals surface area contributed by atoms with E-state index >= 15 is 0 Å². The zero-order chi connectivity index (χ0) is 20.1. The number of fused-ring (bicyclic) bond motifs is 2. The van der Waals surface area contributed by atoms with Gasteiger partial charge in [0.25, 0.3) is 0 Å². The molecule has 2 aromatic heterocycles. The minimum atomic E-state index is -0.418. The van der Waals surface area contributed by atoms with Crippen LogP contribution in [0.15, 0.2) is 47.5 Å². The summed E-state index contributed by atoms with van der Waals surface area (Å²) in [6, 6.07) is 2.31. The van der Waals surface area contributed by atoms with Crippen molar-refractivity contribution in [3.8, 4) is 0 Å². The van der Waals surface area contributed by atoms with Gasteiger partial charge in [-0.3, -0.25) is 4.90 Å². The van der Waals surface area contributed by atoms with Crippen LogP contribution in [0.2, 0.25) is 0 Å². The van der Waals surface area contributed by atoms with Crippen molar-refractivity contribution in [2.45, 2.75) is 33.0 Å². The van der Waals surface area contributed by atoms with E-state index in [9.17, 15) is 4.79 Å². The third-order valence-electron chi connectivity index (χ3n) is 5.58. The van der Waals surface area contributed by atoms with Crippen molar-refractivity contribution >= 4 is 17.5 Å². The molecule has 2 amide bonds. The number of piperazine rings is 1. The van der Waals surface area contributed by atoms with Crippen molar-refractivity contribution in [3.63, 3.8) is 0 Å². The lowest BCUT2D eigenvalue weighted by Crippen LogP contribution is -2.51. The van der Waals surface area contributed by atoms with Crippen LogP contribution in [0.25, 0.3) is 5.65 Å². The largest absolute Gasteiger partial charge is 0.368 e. The minimum Gasteiger partial charge on any atom is -0.368 e. The molecule has 5 heterocycles. The van der Waals surface area contributed by atoms with E-state index in [1.165, 1.54) is 0 Å². The van der Waals surface area contributed by atoms with Gasteiger partial charge in [0.1, 0.15) is 11.5 Å². The Morgan fingerprint density at radius 1 is 1.21 bits per heavy atom. The number of allylic oxidation sites excluding steroid dienone is 1. The van der Waals surface area contributed by atoms with E-state index in [1.807, 2.05) is 49.0 Å². The molecule has 0 aliphatic carbocycles. The Morgan fingerprint density at radius 3 is 2.90 bits per heavy atom. The summed E-state index contributed by atoms with van der Waals surface area (Å²) in [4.78, 5) is 26.1. The Kier molecular flexibility index (Phi) is 4.16. The molecule has 0 radical (unpaired) electrons. The second-order valence-electron chi connectivity index (χ2n) is 7.97. The topological polar surface area (TPSA) is 77.3 Å². The molecule has 2 N–H and O–H groups in total. The Hall–Kier alpha value is -3.13. The number of pyridine rings is 1. The van der Waals surface area contributed by atoms with Gasteiger partial charge >= 0.3 is 6.03 Å². The van der Waals surface area contributed by atoms with Gasteiger partial charge in [0.15, 0.2) is 6.17 Å². The van der Waals surface area contributed by atoms with E-state index in [4.69, 9.17) is 4.99 Å². The van der Waals surface area contributed by atoms with Crippen molar-refractivity contribution in [2.24, 2.45) is 4.99 Å². The number of imidazole rings is 1. The third-order valence-corrected chi connectivity index (χ3v) is 5.58. The first-order chi connectivity index (χ1) is 14.0. The van der Waals surface area contributed by atoms with Crippen LogP contribution in [-0.4, -0.2) is 56.7 Å². The first-order valence-corrected chi connectivity index (χ1v) is 9.99. The Labute approximate surface area is 169 Å². The van der Waals surface area contributed by atoms with E-state index in [-0.39, 0.29) is 6.03 Å². The van der Waals surface area contributed by atoms with Crippen molar-refractivity contribution in [1.29, 1.82) is 0 Å². The number of carbonyl (C=O) groups excluding carboxylic acids is 1. The average molecular weight is 391 g/mol. The van der Waals surface area contributed by atoms with E-state index < -0.39 is 6.17 Å². The van der Waals surface area contributed by atoms with Crippen LogP contribution in [0.5, 0.6) is 0 Å². The van der Waals surface area contributed by atoms with E-state index in [0.717, 1.165) is 47.8 Å². The second-order valence-corrected chi connectivity index (χ2v) is 7.97. The number of hydrogen-bond donors (Lipinski definition) is 2. The lowest BCUT2D eigenvalue weighted by Gasteiger charge is -2.37. The molecule has 2 unspecified atom stereocenters. The van der Waals surface area contributed by atoms with E-state index in [2.05, 4.69) is 33.5 Å². The molecule has 2 aromatic rings. The number of nitrogens with one attached hydrogen (secondary N) is 2. The first kappa shape index (κ1) is 17.9. The fourth-order valence-electron chi connectivity index (χ4n) is 4.18. The fourth-order valence-corrected chi connectivity index (χ4v) is 4.18. The van der Waals surface area contributed by atoms with Crippen molar-refractivity contribution < 1.29 is 4.79 Å². The number of amidine groups is 1. The molecule has 0 bridgehead atoms. The van der Waals surface area contributed by atoms with Crippen LogP contribution < -0.4 is 10.6 Å². The molecule has 2 atom stereocenters. The first-order valence-electron chi connectivity index (χ1n) is 9.99. The van der Waals surface area contributed by atoms with Crippen LogP contribution in [0.3, 0.4) is 0 Å². The highest BCUT2D eigenvalue weighted by Gasteiger charge is 2.30. The lowest BCUT2D eigenvalue weighted by atomic mass is 10.1. The highest BCUT2D eigenvalue weighted by molar-refractivity contribution is 6.07. The number of aromatic nitrogens is 2. The molecule has 0 spiro atoms. The minimum absolute atomic E-state index is 0.162. The average Bonchev–Trinajstić information content (AvgIpc) is 3.08. The molecular formula is C21H25N7O. The number of nitrogens with zero attached hydrogens (tertiary/aromatic N) is 5. The molecule has 3 aliphatic rings. The molecule has 3 aliphatic heterocycles. The third kappa shape index (κ3) is 3.19. The smallest absolute Gasteiger partial charge is 0.329 e. The lowest BCUT2D eigenvalue weighted by molar-refractivity contribution is 0.220.